The molecular formula is C12H11N2O4P. The van der Waals surface area contributed by atoms with Crippen LogP contribution in [0.25, 0.3) is 0 Å². The van der Waals surface area contributed by atoms with E-state index in [0.717, 1.165) is 0 Å². The fraction of sp³-hybridized carbons (Fsp3) is 0. The van der Waals surface area contributed by atoms with E-state index < -0.39 is 12.2 Å². The number of nitrogens with one attached hydrogen (secondary N) is 1. The summed E-state index contributed by atoms with van der Waals surface area (Å²) in [7, 11) is -3.37. The summed E-state index contributed by atoms with van der Waals surface area (Å²) in [5.74, 6) is 0. The summed E-state index contributed by atoms with van der Waals surface area (Å²) in [5.41, 5.74) is -0.0960. The minimum absolute atomic E-state index is 0.0960. The molecule has 1 unspecified atom stereocenters. The van der Waals surface area contributed by atoms with Gasteiger partial charge in [0.1, 0.15) is 0 Å². The molecule has 6 nitrogen and oxygen atoms in total. The summed E-state index contributed by atoms with van der Waals surface area (Å²) in [5, 5.41) is 22.4. The van der Waals surface area contributed by atoms with E-state index in [4.69, 9.17) is 0 Å². The van der Waals surface area contributed by atoms with E-state index in [0.29, 0.717) is 10.6 Å². The summed E-state index contributed by atoms with van der Waals surface area (Å²) >= 11 is 0. The van der Waals surface area contributed by atoms with E-state index in [1.165, 1.54) is 24.3 Å². The van der Waals surface area contributed by atoms with Gasteiger partial charge in [0.25, 0.3) is 5.69 Å². The van der Waals surface area contributed by atoms with Crippen LogP contribution in [0.1, 0.15) is 0 Å². The number of rotatable bonds is 4. The average molecular weight is 278 g/mol. The van der Waals surface area contributed by atoms with Gasteiger partial charge in [0, 0.05) is 22.7 Å². The Labute approximate surface area is 109 Å². The Morgan fingerprint density at radius 3 is 2.00 bits per heavy atom. The third-order valence-corrected chi connectivity index (χ3v) is 5.02. The number of non-ortho nitro benzene ring substituents is 1. The molecule has 2 aromatic rings. The van der Waals surface area contributed by atoms with Gasteiger partial charge < -0.3 is 5.21 Å². The van der Waals surface area contributed by atoms with Crippen LogP contribution >= 0.6 is 7.29 Å². The van der Waals surface area contributed by atoms with Crippen molar-refractivity contribution in [1.29, 1.82) is 0 Å². The first kappa shape index (κ1) is 13.4. The molecule has 0 amide bonds. The monoisotopic (exact) mass is 278 g/mol. The van der Waals surface area contributed by atoms with Crippen molar-refractivity contribution in [2.45, 2.75) is 0 Å². The maximum atomic E-state index is 12.7. The van der Waals surface area contributed by atoms with Gasteiger partial charge in [-0.05, 0) is 24.3 Å². The smallest absolute Gasteiger partial charge is 0.269 e. The molecule has 0 spiro atoms. The molecule has 0 saturated heterocycles. The van der Waals surface area contributed by atoms with Crippen molar-refractivity contribution in [2.24, 2.45) is 0 Å². The first-order valence-corrected chi connectivity index (χ1v) is 7.10. The first-order chi connectivity index (χ1) is 9.08. The van der Waals surface area contributed by atoms with Gasteiger partial charge in [-0.2, -0.15) is 0 Å². The Balaban J connectivity index is 2.48. The van der Waals surface area contributed by atoms with Crippen LogP contribution in [-0.2, 0) is 4.57 Å². The molecule has 0 bridgehead atoms. The fourth-order valence-corrected chi connectivity index (χ4v) is 3.38. The van der Waals surface area contributed by atoms with Crippen LogP contribution in [0, 0.1) is 10.1 Å². The Morgan fingerprint density at radius 1 is 1.00 bits per heavy atom. The zero-order valence-corrected chi connectivity index (χ0v) is 10.7. The highest BCUT2D eigenvalue weighted by Gasteiger charge is 2.26. The second-order valence-electron chi connectivity index (χ2n) is 3.82. The number of nitro benzene ring substituents is 1. The van der Waals surface area contributed by atoms with Crippen LogP contribution in [0.4, 0.5) is 5.69 Å². The maximum Gasteiger partial charge on any atom is 0.269 e. The lowest BCUT2D eigenvalue weighted by atomic mass is 10.3. The SMILES string of the molecule is O=[N+]([O-])c1ccc(P(=O)(NO)c2ccccc2)cc1. The molecule has 0 radical (unpaired) electrons. The van der Waals surface area contributed by atoms with E-state index in [1.807, 2.05) is 5.25 Å². The molecule has 19 heavy (non-hydrogen) atoms. The molecule has 0 aliphatic carbocycles. The standard InChI is InChI=1S/C12H11N2O4P/c15-13-19(18,11-4-2-1-3-5-11)12-8-6-10(7-9-12)14(16)17/h1-9,15H,(H,13,18). The topological polar surface area (TPSA) is 92.5 Å². The molecule has 0 aliphatic rings. The fourth-order valence-electron chi connectivity index (χ4n) is 1.69. The van der Waals surface area contributed by atoms with Gasteiger partial charge >= 0.3 is 0 Å². The molecule has 0 fully saturated rings. The van der Waals surface area contributed by atoms with Gasteiger partial charge in [-0.1, -0.05) is 18.2 Å². The molecule has 0 aromatic heterocycles. The van der Waals surface area contributed by atoms with E-state index >= 15 is 0 Å². The Bertz CT molecular complexity index is 628. The van der Waals surface area contributed by atoms with E-state index in [2.05, 4.69) is 0 Å². The van der Waals surface area contributed by atoms with E-state index in [-0.39, 0.29) is 5.69 Å². The molecule has 2 aromatic carbocycles. The summed E-state index contributed by atoms with van der Waals surface area (Å²) in [6, 6.07) is 13.6. The van der Waals surface area contributed by atoms with Crippen molar-refractivity contribution < 1.29 is 14.7 Å². The van der Waals surface area contributed by atoms with Crippen molar-refractivity contribution in [2.75, 3.05) is 0 Å². The summed E-state index contributed by atoms with van der Waals surface area (Å²) in [6.45, 7) is 0. The van der Waals surface area contributed by atoms with Crippen LogP contribution in [0.5, 0.6) is 0 Å². The molecule has 1 atom stereocenters. The van der Waals surface area contributed by atoms with Gasteiger partial charge in [-0.3, -0.25) is 14.7 Å². The first-order valence-electron chi connectivity index (χ1n) is 5.40. The Kier molecular flexibility index (Phi) is 3.76. The summed E-state index contributed by atoms with van der Waals surface area (Å²) < 4.78 is 12.7. The predicted molar refractivity (Wildman–Crippen MR) is 71.3 cm³/mol. The molecule has 2 N–H and O–H groups in total. The summed E-state index contributed by atoms with van der Waals surface area (Å²) in [6.07, 6.45) is 0. The zero-order chi connectivity index (χ0) is 13.9. The van der Waals surface area contributed by atoms with Gasteiger partial charge in [0.2, 0.25) is 7.29 Å². The average Bonchev–Trinajstić information content (AvgIpc) is 2.47. The number of hydrogen-bond donors (Lipinski definition) is 2. The molecule has 0 heterocycles. The van der Waals surface area contributed by atoms with Gasteiger partial charge in [0.05, 0.1) is 4.92 Å². The third kappa shape index (κ3) is 2.56. The highest BCUT2D eigenvalue weighted by Crippen LogP contribution is 2.37. The van der Waals surface area contributed by atoms with E-state index in [1.54, 1.807) is 30.3 Å². The Morgan fingerprint density at radius 2 is 1.53 bits per heavy atom. The zero-order valence-electron chi connectivity index (χ0n) is 9.76. The van der Waals surface area contributed by atoms with Crippen LogP contribution in [-0.4, -0.2) is 10.1 Å². The lowest BCUT2D eigenvalue weighted by Crippen LogP contribution is -2.25. The highest BCUT2D eigenvalue weighted by molar-refractivity contribution is 7.76. The molecule has 0 aliphatic heterocycles. The minimum Gasteiger partial charge on any atom is -0.310 e. The molecule has 2 rings (SSSR count). The lowest BCUT2D eigenvalue weighted by Gasteiger charge is -2.16. The lowest BCUT2D eigenvalue weighted by molar-refractivity contribution is -0.384. The largest absolute Gasteiger partial charge is 0.310 e. The van der Waals surface area contributed by atoms with E-state index in [9.17, 15) is 19.9 Å². The van der Waals surface area contributed by atoms with Crippen molar-refractivity contribution in [3.63, 3.8) is 0 Å². The molecule has 7 heteroatoms. The molecule has 98 valence electrons. The molecular weight excluding hydrogens is 267 g/mol. The number of nitrogens with zero attached hydrogens (tertiary/aromatic N) is 1. The van der Waals surface area contributed by atoms with Crippen molar-refractivity contribution in [3.05, 3.63) is 64.7 Å². The minimum atomic E-state index is -3.37. The van der Waals surface area contributed by atoms with Crippen molar-refractivity contribution in [3.8, 4) is 0 Å². The number of nitro groups is 1. The second kappa shape index (κ2) is 5.32. The summed E-state index contributed by atoms with van der Waals surface area (Å²) in [4.78, 5) is 10.0. The second-order valence-corrected chi connectivity index (χ2v) is 6.27. The van der Waals surface area contributed by atoms with Crippen molar-refractivity contribution in [1.82, 2.24) is 5.25 Å². The quantitative estimate of drug-likeness (QED) is 0.505. The van der Waals surface area contributed by atoms with Crippen LogP contribution < -0.4 is 15.9 Å². The maximum absolute atomic E-state index is 12.7. The third-order valence-electron chi connectivity index (χ3n) is 2.68. The van der Waals surface area contributed by atoms with Crippen LogP contribution in [0.15, 0.2) is 54.6 Å². The van der Waals surface area contributed by atoms with Gasteiger partial charge in [-0.25, -0.2) is 0 Å². The normalized spacial score (nSPS) is 13.7. The number of benzene rings is 2. The van der Waals surface area contributed by atoms with Crippen LogP contribution in [0.3, 0.4) is 0 Å². The Hall–Kier alpha value is -2.01. The van der Waals surface area contributed by atoms with Crippen LogP contribution in [0.2, 0.25) is 0 Å². The predicted octanol–water partition coefficient (Wildman–Crippen LogP) is 1.80. The highest BCUT2D eigenvalue weighted by atomic mass is 31.2. The van der Waals surface area contributed by atoms with Crippen molar-refractivity contribution >= 4 is 23.6 Å². The number of hydrogen-bond acceptors (Lipinski definition) is 4. The van der Waals surface area contributed by atoms with Gasteiger partial charge in [0.15, 0.2) is 0 Å². The molecule has 0 saturated carbocycles. The van der Waals surface area contributed by atoms with Gasteiger partial charge in [-0.15, -0.1) is 5.25 Å².